The molecule has 1 atom stereocenters. The molecule has 1 unspecified atom stereocenters. The molecule has 2 aromatic carbocycles. The first-order valence-corrected chi connectivity index (χ1v) is 11.3. The minimum absolute atomic E-state index is 0.0817. The van der Waals surface area contributed by atoms with Crippen LogP contribution in [0.2, 0.25) is 0 Å². The lowest BCUT2D eigenvalue weighted by molar-refractivity contribution is -0.119. The van der Waals surface area contributed by atoms with Gasteiger partial charge in [0, 0.05) is 18.5 Å². The number of para-hydroxylation sites is 2. The van der Waals surface area contributed by atoms with Crippen LogP contribution in [-0.2, 0) is 11.3 Å². The van der Waals surface area contributed by atoms with Gasteiger partial charge < -0.3 is 10.1 Å². The number of aromatic nitrogens is 4. The molecule has 9 heteroatoms. The van der Waals surface area contributed by atoms with Crippen molar-refractivity contribution in [3.8, 4) is 5.75 Å². The largest absolute Gasteiger partial charge is 0.493 e. The number of hydrogen-bond donors (Lipinski definition) is 1. The summed E-state index contributed by atoms with van der Waals surface area (Å²) in [5.74, 6) is 1.31. The van der Waals surface area contributed by atoms with Crippen LogP contribution in [0.5, 0.6) is 5.75 Å². The molecular weight excluding hydrogens is 426 g/mol. The Morgan fingerprint density at radius 1 is 1.22 bits per heavy atom. The fourth-order valence-electron chi connectivity index (χ4n) is 3.98. The second kappa shape index (κ2) is 8.51. The first-order valence-electron chi connectivity index (χ1n) is 10.3. The standard InChI is InChI=1S/C23H21N5O3S/c1-2-12-27-21(30)16-8-3-5-9-18(16)28-22(27)25-26-23(28)32-14-20(29)24-17-11-13-31-19-10-6-4-7-15(17)19/h2-10,17H,1,11-14H2,(H,24,29). The van der Waals surface area contributed by atoms with Crippen molar-refractivity contribution in [2.75, 3.05) is 12.4 Å². The Bertz CT molecular complexity index is 1390. The second-order valence-corrected chi connectivity index (χ2v) is 8.37. The van der Waals surface area contributed by atoms with Gasteiger partial charge in [-0.15, -0.1) is 16.8 Å². The zero-order valence-corrected chi connectivity index (χ0v) is 18.0. The quantitative estimate of drug-likeness (QED) is 0.361. The molecule has 3 heterocycles. The molecule has 1 amide bonds. The molecule has 0 saturated heterocycles. The number of thioether (sulfide) groups is 1. The molecule has 8 nitrogen and oxygen atoms in total. The molecule has 4 aromatic rings. The Balaban J connectivity index is 1.41. The molecule has 2 aromatic heterocycles. The summed E-state index contributed by atoms with van der Waals surface area (Å²) in [5.41, 5.74) is 1.55. The van der Waals surface area contributed by atoms with Gasteiger partial charge in [0.25, 0.3) is 5.56 Å². The van der Waals surface area contributed by atoms with Crippen LogP contribution in [0.4, 0.5) is 0 Å². The number of fused-ring (bicyclic) bond motifs is 4. The Morgan fingerprint density at radius 2 is 2.03 bits per heavy atom. The summed E-state index contributed by atoms with van der Waals surface area (Å²) >= 11 is 1.29. The highest BCUT2D eigenvalue weighted by Gasteiger charge is 2.23. The predicted molar refractivity (Wildman–Crippen MR) is 123 cm³/mol. The molecule has 1 N–H and O–H groups in total. The van der Waals surface area contributed by atoms with Crippen molar-refractivity contribution in [2.24, 2.45) is 0 Å². The summed E-state index contributed by atoms with van der Waals surface area (Å²) in [5, 5.41) is 12.7. The van der Waals surface area contributed by atoms with Crippen molar-refractivity contribution in [1.82, 2.24) is 24.5 Å². The van der Waals surface area contributed by atoms with Crippen LogP contribution in [0, 0.1) is 0 Å². The molecule has 0 radical (unpaired) electrons. The predicted octanol–water partition coefficient (Wildman–Crippen LogP) is 2.96. The molecule has 0 spiro atoms. The van der Waals surface area contributed by atoms with Crippen LogP contribution in [0.3, 0.4) is 0 Å². The molecule has 0 saturated carbocycles. The maximum atomic E-state index is 12.9. The molecule has 0 bridgehead atoms. The number of carbonyl (C=O) groups excluding carboxylic acids is 1. The lowest BCUT2D eigenvalue weighted by atomic mass is 10.0. The summed E-state index contributed by atoms with van der Waals surface area (Å²) < 4.78 is 9.03. The van der Waals surface area contributed by atoms with E-state index in [1.54, 1.807) is 12.1 Å². The maximum absolute atomic E-state index is 12.9. The number of rotatable bonds is 6. The molecule has 1 aliphatic heterocycles. The van der Waals surface area contributed by atoms with Crippen molar-refractivity contribution in [3.63, 3.8) is 0 Å². The number of ether oxygens (including phenoxy) is 1. The van der Waals surface area contributed by atoms with Crippen molar-refractivity contribution in [3.05, 3.63) is 77.1 Å². The number of hydrogen-bond acceptors (Lipinski definition) is 6. The highest BCUT2D eigenvalue weighted by Crippen LogP contribution is 2.31. The summed E-state index contributed by atoms with van der Waals surface area (Å²) in [6, 6.07) is 15.0. The minimum Gasteiger partial charge on any atom is -0.493 e. The summed E-state index contributed by atoms with van der Waals surface area (Å²) in [7, 11) is 0. The minimum atomic E-state index is -0.145. The highest BCUT2D eigenvalue weighted by molar-refractivity contribution is 7.99. The van der Waals surface area contributed by atoms with Crippen LogP contribution in [0.25, 0.3) is 16.7 Å². The van der Waals surface area contributed by atoms with Gasteiger partial charge in [0.2, 0.25) is 11.7 Å². The number of benzene rings is 2. The summed E-state index contributed by atoms with van der Waals surface area (Å²) in [6.07, 6.45) is 2.37. The Morgan fingerprint density at radius 3 is 2.91 bits per heavy atom. The molecule has 5 rings (SSSR count). The zero-order chi connectivity index (χ0) is 22.1. The third kappa shape index (κ3) is 3.54. The number of amides is 1. The Kier molecular flexibility index (Phi) is 5.40. The van der Waals surface area contributed by atoms with Crippen LogP contribution in [-0.4, -0.2) is 37.4 Å². The third-order valence-electron chi connectivity index (χ3n) is 5.42. The molecular formula is C23H21N5O3S. The summed E-state index contributed by atoms with van der Waals surface area (Å²) in [6.45, 7) is 4.62. The average molecular weight is 448 g/mol. The number of carbonyl (C=O) groups is 1. The van der Waals surface area contributed by atoms with Gasteiger partial charge in [-0.25, -0.2) is 0 Å². The Hall–Kier alpha value is -3.59. The molecule has 0 fully saturated rings. The number of nitrogens with zero attached hydrogens (tertiary/aromatic N) is 4. The van der Waals surface area contributed by atoms with Crippen molar-refractivity contribution < 1.29 is 9.53 Å². The van der Waals surface area contributed by atoms with Gasteiger partial charge in [0.15, 0.2) is 5.16 Å². The Labute approximate surface area is 187 Å². The van der Waals surface area contributed by atoms with E-state index >= 15 is 0 Å². The van der Waals surface area contributed by atoms with Gasteiger partial charge in [-0.3, -0.25) is 18.6 Å². The van der Waals surface area contributed by atoms with E-state index in [-0.39, 0.29) is 23.3 Å². The molecule has 162 valence electrons. The normalized spacial score (nSPS) is 15.3. The number of allylic oxidation sites excluding steroid dienone is 1. The van der Waals surface area contributed by atoms with E-state index in [1.165, 1.54) is 16.3 Å². The van der Waals surface area contributed by atoms with Gasteiger partial charge in [0.05, 0.1) is 29.3 Å². The van der Waals surface area contributed by atoms with E-state index < -0.39 is 0 Å². The fourth-order valence-corrected chi connectivity index (χ4v) is 4.73. The van der Waals surface area contributed by atoms with E-state index in [4.69, 9.17) is 4.74 Å². The molecule has 1 aliphatic rings. The number of nitrogens with one attached hydrogen (secondary N) is 1. The first kappa shape index (κ1) is 20.3. The topological polar surface area (TPSA) is 90.5 Å². The first-order chi connectivity index (χ1) is 15.7. The van der Waals surface area contributed by atoms with Gasteiger partial charge in [-0.1, -0.05) is 48.2 Å². The molecule has 32 heavy (non-hydrogen) atoms. The van der Waals surface area contributed by atoms with Crippen LogP contribution >= 0.6 is 11.8 Å². The van der Waals surface area contributed by atoms with E-state index in [0.29, 0.717) is 35.0 Å². The average Bonchev–Trinajstić information content (AvgIpc) is 3.25. The van der Waals surface area contributed by atoms with Crippen LogP contribution < -0.4 is 15.6 Å². The fraction of sp³-hybridized carbons (Fsp3) is 0.217. The van der Waals surface area contributed by atoms with Crippen molar-refractivity contribution in [2.45, 2.75) is 24.2 Å². The van der Waals surface area contributed by atoms with Crippen LogP contribution in [0.15, 0.2) is 71.1 Å². The van der Waals surface area contributed by atoms with E-state index in [9.17, 15) is 9.59 Å². The van der Waals surface area contributed by atoms with Gasteiger partial charge in [0.1, 0.15) is 5.75 Å². The zero-order valence-electron chi connectivity index (χ0n) is 17.2. The SMILES string of the molecule is C=CCn1c(=O)c2ccccc2n2c(SCC(=O)NC3CCOc4ccccc43)nnc12. The molecule has 0 aliphatic carbocycles. The van der Waals surface area contributed by atoms with Crippen LogP contribution in [0.1, 0.15) is 18.0 Å². The smallest absolute Gasteiger partial charge is 0.263 e. The highest BCUT2D eigenvalue weighted by atomic mass is 32.2. The van der Waals surface area contributed by atoms with Gasteiger partial charge >= 0.3 is 0 Å². The van der Waals surface area contributed by atoms with Crippen molar-refractivity contribution >= 4 is 34.3 Å². The maximum Gasteiger partial charge on any atom is 0.263 e. The third-order valence-corrected chi connectivity index (χ3v) is 6.34. The lowest BCUT2D eigenvalue weighted by Gasteiger charge is -2.26. The van der Waals surface area contributed by atoms with E-state index in [2.05, 4.69) is 22.1 Å². The lowest BCUT2D eigenvalue weighted by Crippen LogP contribution is -2.33. The van der Waals surface area contributed by atoms with Crippen molar-refractivity contribution in [1.29, 1.82) is 0 Å². The summed E-state index contributed by atoms with van der Waals surface area (Å²) in [4.78, 5) is 25.6. The monoisotopic (exact) mass is 447 g/mol. The van der Waals surface area contributed by atoms with E-state index in [0.717, 1.165) is 17.7 Å². The second-order valence-electron chi connectivity index (χ2n) is 7.42. The van der Waals surface area contributed by atoms with Gasteiger partial charge in [-0.05, 0) is 18.2 Å². The van der Waals surface area contributed by atoms with Gasteiger partial charge in [-0.2, -0.15) is 0 Å². The van der Waals surface area contributed by atoms with E-state index in [1.807, 2.05) is 46.9 Å².